The van der Waals surface area contributed by atoms with Gasteiger partial charge in [0, 0.05) is 57.1 Å². The zero-order valence-corrected chi connectivity index (χ0v) is 28.1. The Morgan fingerprint density at radius 2 is 0.918 bits per heavy atom. The molecule has 0 amide bonds. The highest BCUT2D eigenvalue weighted by Crippen LogP contribution is 2.45. The predicted molar refractivity (Wildman–Crippen MR) is 215 cm³/mol. The lowest BCUT2D eigenvalue weighted by Gasteiger charge is -2.27. The fraction of sp³-hybridized carbons (Fsp3) is 0. The quantitative estimate of drug-likeness (QED) is 0.178. The summed E-state index contributed by atoms with van der Waals surface area (Å²) >= 11 is 3.75. The fourth-order valence-corrected chi connectivity index (χ4v) is 9.64. The first kappa shape index (κ1) is 28.3. The highest BCUT2D eigenvalue weighted by Gasteiger charge is 2.19. The molecule has 8 aromatic carbocycles. The summed E-state index contributed by atoms with van der Waals surface area (Å²) in [6, 6.07) is 64.3. The highest BCUT2D eigenvalue weighted by molar-refractivity contribution is 7.26. The summed E-state index contributed by atoms with van der Waals surface area (Å²) in [5.74, 6) is 0. The summed E-state index contributed by atoms with van der Waals surface area (Å²) in [4.78, 5) is 2.42. The summed E-state index contributed by atoms with van der Waals surface area (Å²) in [5.41, 5.74) is 8.32. The first-order chi connectivity index (χ1) is 24.3. The van der Waals surface area contributed by atoms with Crippen LogP contribution in [0.5, 0.6) is 0 Å². The van der Waals surface area contributed by atoms with Crippen molar-refractivity contribution in [2.75, 3.05) is 4.90 Å². The maximum absolute atomic E-state index is 2.42. The van der Waals surface area contributed by atoms with Crippen molar-refractivity contribution in [2.45, 2.75) is 0 Å². The minimum Gasteiger partial charge on any atom is -0.310 e. The van der Waals surface area contributed by atoms with Crippen molar-refractivity contribution in [3.05, 3.63) is 176 Å². The Balaban J connectivity index is 1.11. The molecule has 230 valence electrons. The minimum atomic E-state index is 1.13. The van der Waals surface area contributed by atoms with Crippen LogP contribution in [-0.4, -0.2) is 0 Å². The molecule has 49 heavy (non-hydrogen) atoms. The standard InChI is InChI=1S/C46H29NS2/c1-2-9-30(10-3-1)31-19-24-35(25-20-31)47(41-13-8-16-44-45(41)39-12-5-7-15-43(39)48-44)36-26-21-32(22-27-36)34-18-17-33-23-28-38-37-11-4-6-14-42(37)49-46(38)40(33)29-34/h1-29H. The molecule has 0 atom stereocenters. The molecule has 0 saturated carbocycles. The summed E-state index contributed by atoms with van der Waals surface area (Å²) in [6.07, 6.45) is 0. The van der Waals surface area contributed by atoms with Crippen LogP contribution in [0, 0.1) is 0 Å². The maximum Gasteiger partial charge on any atom is 0.0554 e. The number of hydrogen-bond acceptors (Lipinski definition) is 3. The predicted octanol–water partition coefficient (Wildman–Crippen LogP) is 14.4. The normalized spacial score (nSPS) is 11.7. The second-order valence-corrected chi connectivity index (χ2v) is 14.7. The summed E-state index contributed by atoms with van der Waals surface area (Å²) in [6.45, 7) is 0. The fourth-order valence-electron chi connectivity index (χ4n) is 7.29. The molecule has 0 fully saturated rings. The molecule has 0 unspecified atom stereocenters. The van der Waals surface area contributed by atoms with E-state index in [1.807, 2.05) is 22.7 Å². The Kier molecular flexibility index (Phi) is 6.61. The molecule has 2 heterocycles. The smallest absolute Gasteiger partial charge is 0.0554 e. The molecular formula is C46H29NS2. The van der Waals surface area contributed by atoms with E-state index in [0.29, 0.717) is 0 Å². The van der Waals surface area contributed by atoms with E-state index >= 15 is 0 Å². The van der Waals surface area contributed by atoms with E-state index in [2.05, 4.69) is 181 Å². The first-order valence-corrected chi connectivity index (χ1v) is 18.2. The summed E-state index contributed by atoms with van der Waals surface area (Å²) < 4.78 is 5.30. The summed E-state index contributed by atoms with van der Waals surface area (Å²) in [5, 5.41) is 7.86. The van der Waals surface area contributed by atoms with Crippen LogP contribution in [0.3, 0.4) is 0 Å². The molecule has 0 saturated heterocycles. The van der Waals surface area contributed by atoms with Crippen LogP contribution in [-0.2, 0) is 0 Å². The second-order valence-electron chi connectivity index (χ2n) is 12.5. The Labute approximate surface area is 292 Å². The van der Waals surface area contributed by atoms with Gasteiger partial charge in [0.15, 0.2) is 0 Å². The van der Waals surface area contributed by atoms with E-state index in [-0.39, 0.29) is 0 Å². The van der Waals surface area contributed by atoms with E-state index < -0.39 is 0 Å². The van der Waals surface area contributed by atoms with Crippen LogP contribution >= 0.6 is 22.7 Å². The van der Waals surface area contributed by atoms with Crippen molar-refractivity contribution >= 4 is 90.9 Å². The first-order valence-electron chi connectivity index (χ1n) is 16.6. The molecule has 2 aromatic heterocycles. The molecule has 0 N–H and O–H groups in total. The zero-order chi connectivity index (χ0) is 32.3. The number of benzene rings is 8. The lowest BCUT2D eigenvalue weighted by molar-refractivity contribution is 1.30. The maximum atomic E-state index is 2.42. The Bertz CT molecular complexity index is 2810. The van der Waals surface area contributed by atoms with Crippen molar-refractivity contribution < 1.29 is 0 Å². The van der Waals surface area contributed by atoms with Gasteiger partial charge in [0.25, 0.3) is 0 Å². The van der Waals surface area contributed by atoms with E-state index in [4.69, 9.17) is 0 Å². The molecule has 3 heteroatoms. The number of rotatable bonds is 5. The van der Waals surface area contributed by atoms with Gasteiger partial charge < -0.3 is 4.90 Å². The van der Waals surface area contributed by atoms with E-state index in [1.165, 1.54) is 79.1 Å². The van der Waals surface area contributed by atoms with Crippen molar-refractivity contribution in [1.29, 1.82) is 0 Å². The molecular weight excluding hydrogens is 631 g/mol. The lowest BCUT2D eigenvalue weighted by atomic mass is 9.99. The Hall–Kier alpha value is -5.74. The zero-order valence-electron chi connectivity index (χ0n) is 26.5. The van der Waals surface area contributed by atoms with Crippen molar-refractivity contribution in [2.24, 2.45) is 0 Å². The average Bonchev–Trinajstić information content (AvgIpc) is 3.75. The van der Waals surface area contributed by atoms with E-state index in [9.17, 15) is 0 Å². The van der Waals surface area contributed by atoms with Gasteiger partial charge in [-0.3, -0.25) is 0 Å². The SMILES string of the molecule is c1ccc(-c2ccc(N(c3ccc(-c4ccc5ccc6c7ccccc7sc6c5c4)cc3)c3cccc4sc5ccccc5c34)cc2)cc1. The van der Waals surface area contributed by atoms with Crippen LogP contribution in [0.25, 0.3) is 73.4 Å². The van der Waals surface area contributed by atoms with Crippen LogP contribution < -0.4 is 4.90 Å². The topological polar surface area (TPSA) is 3.24 Å². The van der Waals surface area contributed by atoms with Gasteiger partial charge in [-0.1, -0.05) is 121 Å². The number of thiophene rings is 2. The Morgan fingerprint density at radius 1 is 0.347 bits per heavy atom. The van der Waals surface area contributed by atoms with Gasteiger partial charge in [-0.25, -0.2) is 0 Å². The Morgan fingerprint density at radius 3 is 1.67 bits per heavy atom. The van der Waals surface area contributed by atoms with Crippen LogP contribution in [0.4, 0.5) is 17.1 Å². The van der Waals surface area contributed by atoms with Gasteiger partial charge in [-0.15, -0.1) is 22.7 Å². The number of nitrogens with zero attached hydrogens (tertiary/aromatic N) is 1. The molecule has 0 aliphatic rings. The largest absolute Gasteiger partial charge is 0.310 e. The van der Waals surface area contributed by atoms with Crippen LogP contribution in [0.1, 0.15) is 0 Å². The molecule has 0 bridgehead atoms. The molecule has 10 rings (SSSR count). The van der Waals surface area contributed by atoms with Crippen molar-refractivity contribution in [3.8, 4) is 22.3 Å². The molecule has 0 spiro atoms. The van der Waals surface area contributed by atoms with Gasteiger partial charge in [-0.05, 0) is 82.2 Å². The van der Waals surface area contributed by atoms with Crippen molar-refractivity contribution in [3.63, 3.8) is 0 Å². The van der Waals surface area contributed by atoms with Crippen molar-refractivity contribution in [1.82, 2.24) is 0 Å². The molecule has 0 radical (unpaired) electrons. The minimum absolute atomic E-state index is 1.13. The van der Waals surface area contributed by atoms with Gasteiger partial charge in [0.05, 0.1) is 5.69 Å². The third-order valence-electron chi connectivity index (χ3n) is 9.67. The third kappa shape index (κ3) is 4.74. The second kappa shape index (κ2) is 11.5. The number of anilines is 3. The van der Waals surface area contributed by atoms with Crippen LogP contribution in [0.15, 0.2) is 176 Å². The van der Waals surface area contributed by atoms with E-state index in [0.717, 1.165) is 11.4 Å². The monoisotopic (exact) mass is 659 g/mol. The molecule has 10 aromatic rings. The molecule has 1 nitrogen and oxygen atoms in total. The van der Waals surface area contributed by atoms with Gasteiger partial charge in [0.1, 0.15) is 0 Å². The average molecular weight is 660 g/mol. The van der Waals surface area contributed by atoms with Gasteiger partial charge in [-0.2, -0.15) is 0 Å². The number of hydrogen-bond donors (Lipinski definition) is 0. The van der Waals surface area contributed by atoms with Gasteiger partial charge >= 0.3 is 0 Å². The van der Waals surface area contributed by atoms with E-state index in [1.54, 1.807) is 0 Å². The van der Waals surface area contributed by atoms with Crippen LogP contribution in [0.2, 0.25) is 0 Å². The van der Waals surface area contributed by atoms with Gasteiger partial charge in [0.2, 0.25) is 0 Å². The lowest BCUT2D eigenvalue weighted by Crippen LogP contribution is -2.10. The summed E-state index contributed by atoms with van der Waals surface area (Å²) in [7, 11) is 0. The number of fused-ring (bicyclic) bond motifs is 8. The highest BCUT2D eigenvalue weighted by atomic mass is 32.1. The molecule has 0 aliphatic heterocycles. The third-order valence-corrected chi connectivity index (χ3v) is 12.0. The molecule has 0 aliphatic carbocycles.